The van der Waals surface area contributed by atoms with Gasteiger partial charge in [0.05, 0.1) is 5.69 Å². The van der Waals surface area contributed by atoms with Gasteiger partial charge in [-0.1, -0.05) is 13.8 Å². The van der Waals surface area contributed by atoms with E-state index in [-0.39, 0.29) is 5.60 Å². The topological polar surface area (TPSA) is 47.0 Å². The normalized spacial score (nSPS) is 17.9. The molecule has 0 aromatic carbocycles. The first-order valence-electron chi connectivity index (χ1n) is 7.38. The number of nitrogens with one attached hydrogen (secondary N) is 1. The second kappa shape index (κ2) is 5.97. The van der Waals surface area contributed by atoms with Crippen molar-refractivity contribution in [2.75, 3.05) is 13.2 Å². The molecule has 0 saturated heterocycles. The number of fused-ring (bicyclic) bond motifs is 1. The molecule has 0 fully saturated rings. The quantitative estimate of drug-likeness (QED) is 0.886. The first-order valence-corrected chi connectivity index (χ1v) is 7.38. The fraction of sp³-hybridized carbons (Fsp3) is 0.733. The number of ether oxygens (including phenoxy) is 1. The van der Waals surface area contributed by atoms with Gasteiger partial charge in [-0.25, -0.2) is 9.97 Å². The summed E-state index contributed by atoms with van der Waals surface area (Å²) in [7, 11) is 0. The van der Waals surface area contributed by atoms with Crippen LogP contribution in [0.4, 0.5) is 0 Å². The average Bonchev–Trinajstić information content (AvgIpc) is 2.46. The van der Waals surface area contributed by atoms with Crippen molar-refractivity contribution in [3.63, 3.8) is 0 Å². The number of aryl methyl sites for hydroxylation is 1. The van der Waals surface area contributed by atoms with Crippen LogP contribution in [0.2, 0.25) is 0 Å². The summed E-state index contributed by atoms with van der Waals surface area (Å²) < 4.78 is 5.91. The molecule has 106 valence electrons. The summed E-state index contributed by atoms with van der Waals surface area (Å²) in [5.74, 6) is 0.856. The van der Waals surface area contributed by atoms with E-state index in [0.29, 0.717) is 6.61 Å². The van der Waals surface area contributed by atoms with Crippen molar-refractivity contribution < 1.29 is 4.74 Å². The van der Waals surface area contributed by atoms with Crippen molar-refractivity contribution in [1.82, 2.24) is 15.3 Å². The number of nitrogens with zero attached hydrogens (tertiary/aromatic N) is 2. The van der Waals surface area contributed by atoms with Crippen molar-refractivity contribution >= 4 is 0 Å². The Kier molecular flexibility index (Phi) is 4.53. The predicted octanol–water partition coefficient (Wildman–Crippen LogP) is 2.35. The van der Waals surface area contributed by atoms with Gasteiger partial charge in [-0.15, -0.1) is 0 Å². The lowest BCUT2D eigenvalue weighted by molar-refractivity contribution is -0.0394. The zero-order valence-corrected chi connectivity index (χ0v) is 12.5. The molecular formula is C15H25N3O. The Morgan fingerprint density at radius 1 is 1.26 bits per heavy atom. The molecule has 1 aliphatic rings. The molecular weight excluding hydrogens is 238 g/mol. The molecule has 2 heterocycles. The van der Waals surface area contributed by atoms with Crippen molar-refractivity contribution in [3.05, 3.63) is 22.8 Å². The van der Waals surface area contributed by atoms with E-state index in [0.717, 1.165) is 38.2 Å². The SMILES string of the molecule is CCOC(C)(CC)c1nc(CC)c2c(n1)CCNC2. The molecule has 0 radical (unpaired) electrons. The maximum atomic E-state index is 5.91. The molecule has 1 unspecified atom stereocenters. The van der Waals surface area contributed by atoms with Crippen LogP contribution in [0.5, 0.6) is 0 Å². The van der Waals surface area contributed by atoms with Gasteiger partial charge in [-0.3, -0.25) is 0 Å². The molecule has 0 spiro atoms. The molecule has 0 amide bonds. The second-order valence-corrected chi connectivity index (χ2v) is 5.22. The van der Waals surface area contributed by atoms with Gasteiger partial charge in [0.2, 0.25) is 0 Å². The number of rotatable bonds is 5. The Hall–Kier alpha value is -1.00. The van der Waals surface area contributed by atoms with Crippen molar-refractivity contribution in [2.24, 2.45) is 0 Å². The van der Waals surface area contributed by atoms with Crippen molar-refractivity contribution in [3.8, 4) is 0 Å². The van der Waals surface area contributed by atoms with Crippen LogP contribution in [-0.4, -0.2) is 23.1 Å². The van der Waals surface area contributed by atoms with Gasteiger partial charge in [-0.05, 0) is 26.7 Å². The Bertz CT molecular complexity index is 430. The summed E-state index contributed by atoms with van der Waals surface area (Å²) >= 11 is 0. The summed E-state index contributed by atoms with van der Waals surface area (Å²) in [5, 5.41) is 3.40. The van der Waals surface area contributed by atoms with E-state index < -0.39 is 0 Å². The highest BCUT2D eigenvalue weighted by atomic mass is 16.5. The summed E-state index contributed by atoms with van der Waals surface area (Å²) in [6.07, 6.45) is 2.83. The molecule has 19 heavy (non-hydrogen) atoms. The van der Waals surface area contributed by atoms with Gasteiger partial charge >= 0.3 is 0 Å². The summed E-state index contributed by atoms with van der Waals surface area (Å²) in [4.78, 5) is 9.60. The first-order chi connectivity index (χ1) is 9.14. The molecule has 2 rings (SSSR count). The lowest BCUT2D eigenvalue weighted by atomic mass is 9.98. The highest BCUT2D eigenvalue weighted by Gasteiger charge is 2.30. The molecule has 0 bridgehead atoms. The third kappa shape index (κ3) is 2.79. The number of hydrogen-bond acceptors (Lipinski definition) is 4. The predicted molar refractivity (Wildman–Crippen MR) is 76.1 cm³/mol. The molecule has 0 aliphatic carbocycles. The van der Waals surface area contributed by atoms with E-state index in [4.69, 9.17) is 14.7 Å². The fourth-order valence-electron chi connectivity index (χ4n) is 2.59. The molecule has 1 aromatic heterocycles. The molecule has 4 nitrogen and oxygen atoms in total. The van der Waals surface area contributed by atoms with E-state index in [2.05, 4.69) is 26.1 Å². The second-order valence-electron chi connectivity index (χ2n) is 5.22. The van der Waals surface area contributed by atoms with Crippen LogP contribution in [0, 0.1) is 0 Å². The lowest BCUT2D eigenvalue weighted by Crippen LogP contribution is -2.32. The Balaban J connectivity index is 2.46. The highest BCUT2D eigenvalue weighted by Crippen LogP contribution is 2.28. The van der Waals surface area contributed by atoms with E-state index in [9.17, 15) is 0 Å². The Morgan fingerprint density at radius 3 is 2.68 bits per heavy atom. The van der Waals surface area contributed by atoms with Gasteiger partial charge in [0.1, 0.15) is 5.60 Å². The van der Waals surface area contributed by atoms with Gasteiger partial charge in [0.25, 0.3) is 0 Å². The lowest BCUT2D eigenvalue weighted by Gasteiger charge is -2.29. The van der Waals surface area contributed by atoms with Crippen LogP contribution in [-0.2, 0) is 29.7 Å². The Morgan fingerprint density at radius 2 is 2.05 bits per heavy atom. The molecule has 1 N–H and O–H groups in total. The van der Waals surface area contributed by atoms with Crippen molar-refractivity contribution in [1.29, 1.82) is 0 Å². The summed E-state index contributed by atoms with van der Waals surface area (Å²) in [6.45, 7) is 11.0. The number of aromatic nitrogens is 2. The van der Waals surface area contributed by atoms with E-state index in [1.165, 1.54) is 17.0 Å². The minimum atomic E-state index is -0.363. The van der Waals surface area contributed by atoms with Crippen LogP contribution in [0.3, 0.4) is 0 Å². The largest absolute Gasteiger partial charge is 0.368 e. The van der Waals surface area contributed by atoms with Crippen LogP contribution in [0.1, 0.15) is 56.9 Å². The smallest absolute Gasteiger partial charge is 0.160 e. The maximum Gasteiger partial charge on any atom is 0.160 e. The van der Waals surface area contributed by atoms with Gasteiger partial charge in [-0.2, -0.15) is 0 Å². The van der Waals surface area contributed by atoms with Crippen LogP contribution >= 0.6 is 0 Å². The minimum absolute atomic E-state index is 0.363. The monoisotopic (exact) mass is 263 g/mol. The third-order valence-corrected chi connectivity index (χ3v) is 3.96. The van der Waals surface area contributed by atoms with E-state index >= 15 is 0 Å². The molecule has 1 atom stereocenters. The van der Waals surface area contributed by atoms with Crippen molar-refractivity contribution in [2.45, 2.75) is 59.1 Å². The fourth-order valence-corrected chi connectivity index (χ4v) is 2.59. The van der Waals surface area contributed by atoms with E-state index in [1.54, 1.807) is 0 Å². The van der Waals surface area contributed by atoms with E-state index in [1.807, 2.05) is 6.92 Å². The van der Waals surface area contributed by atoms with Gasteiger partial charge in [0, 0.05) is 37.4 Å². The summed E-state index contributed by atoms with van der Waals surface area (Å²) in [5.41, 5.74) is 3.32. The average molecular weight is 263 g/mol. The van der Waals surface area contributed by atoms with Crippen LogP contribution in [0.15, 0.2) is 0 Å². The molecule has 4 heteroatoms. The van der Waals surface area contributed by atoms with Crippen LogP contribution < -0.4 is 5.32 Å². The standard InChI is InChI=1S/C15H25N3O/c1-5-12-11-10-16-9-8-13(11)18-14(17-12)15(4,6-2)19-7-3/h16H,5-10H2,1-4H3. The van der Waals surface area contributed by atoms with Gasteiger partial charge < -0.3 is 10.1 Å². The van der Waals surface area contributed by atoms with Crippen LogP contribution in [0.25, 0.3) is 0 Å². The highest BCUT2D eigenvalue weighted by molar-refractivity contribution is 5.29. The first kappa shape index (κ1) is 14.4. The number of hydrogen-bond donors (Lipinski definition) is 1. The molecule has 0 saturated carbocycles. The Labute approximate surface area is 116 Å². The minimum Gasteiger partial charge on any atom is -0.368 e. The van der Waals surface area contributed by atoms with Gasteiger partial charge in [0.15, 0.2) is 5.82 Å². The molecule has 1 aliphatic heterocycles. The zero-order valence-electron chi connectivity index (χ0n) is 12.5. The molecule has 1 aromatic rings. The summed E-state index contributed by atoms with van der Waals surface area (Å²) in [6, 6.07) is 0. The zero-order chi connectivity index (χ0) is 13.9. The maximum absolute atomic E-state index is 5.91. The third-order valence-electron chi connectivity index (χ3n) is 3.96.